The van der Waals surface area contributed by atoms with Crippen LogP contribution in [0.2, 0.25) is 0 Å². The zero-order valence-electron chi connectivity index (χ0n) is 15.7. The number of nitrogen functional groups attached to an aromatic ring is 1. The van der Waals surface area contributed by atoms with Crippen LogP contribution in [-0.4, -0.2) is 32.6 Å². The predicted octanol–water partition coefficient (Wildman–Crippen LogP) is 2.21. The van der Waals surface area contributed by atoms with Gasteiger partial charge in [0.2, 0.25) is 0 Å². The van der Waals surface area contributed by atoms with E-state index in [0.29, 0.717) is 23.3 Å². The lowest BCUT2D eigenvalue weighted by Gasteiger charge is -2.44. The van der Waals surface area contributed by atoms with Gasteiger partial charge in [-0.25, -0.2) is 9.97 Å². The summed E-state index contributed by atoms with van der Waals surface area (Å²) in [5, 5.41) is 0. The molecular formula is C21H22N6O. The topological polar surface area (TPSA) is 89.9 Å². The number of rotatable bonds is 2. The number of nitrogens with two attached hydrogens (primary N) is 1. The molecule has 0 saturated carbocycles. The first kappa shape index (κ1) is 16.9. The predicted molar refractivity (Wildman–Crippen MR) is 108 cm³/mol. The van der Waals surface area contributed by atoms with Crippen LogP contribution in [0.4, 0.5) is 11.5 Å². The summed E-state index contributed by atoms with van der Waals surface area (Å²) < 4.78 is 1.95. The molecule has 0 aliphatic carbocycles. The minimum Gasteiger partial charge on any atom is -0.384 e. The second-order valence-corrected chi connectivity index (χ2v) is 7.81. The van der Waals surface area contributed by atoms with Gasteiger partial charge in [-0.2, -0.15) is 0 Å². The molecule has 0 radical (unpaired) electrons. The van der Waals surface area contributed by atoms with Crippen molar-refractivity contribution in [3.8, 4) is 11.3 Å². The third-order valence-electron chi connectivity index (χ3n) is 5.87. The second-order valence-electron chi connectivity index (χ2n) is 7.81. The van der Waals surface area contributed by atoms with Gasteiger partial charge in [-0.05, 0) is 37.0 Å². The minimum absolute atomic E-state index is 0.0351. The normalized spacial score (nSPS) is 20.7. The molecule has 5 rings (SSSR count). The molecule has 0 spiro atoms. The van der Waals surface area contributed by atoms with E-state index in [1.54, 1.807) is 12.1 Å². The molecular weight excluding hydrogens is 352 g/mol. The molecule has 0 aromatic carbocycles. The van der Waals surface area contributed by atoms with Crippen LogP contribution in [-0.2, 0) is 6.54 Å². The van der Waals surface area contributed by atoms with Crippen molar-refractivity contribution in [2.75, 3.05) is 23.7 Å². The Balaban J connectivity index is 1.55. The zero-order chi connectivity index (χ0) is 19.3. The Labute approximate surface area is 162 Å². The molecule has 0 amide bonds. The lowest BCUT2D eigenvalue weighted by atomic mass is 9.82. The molecule has 28 heavy (non-hydrogen) atoms. The lowest BCUT2D eigenvalue weighted by molar-refractivity contribution is 0.281. The number of hydrogen-bond acceptors (Lipinski definition) is 6. The maximum absolute atomic E-state index is 12.8. The first-order valence-electron chi connectivity index (χ1n) is 9.56. The van der Waals surface area contributed by atoms with Gasteiger partial charge >= 0.3 is 0 Å². The van der Waals surface area contributed by atoms with Crippen LogP contribution in [0.5, 0.6) is 0 Å². The van der Waals surface area contributed by atoms with Crippen molar-refractivity contribution in [3.05, 3.63) is 64.6 Å². The summed E-state index contributed by atoms with van der Waals surface area (Å²) in [7, 11) is 0. The summed E-state index contributed by atoms with van der Waals surface area (Å²) in [6.45, 7) is 4.73. The van der Waals surface area contributed by atoms with Crippen molar-refractivity contribution in [3.63, 3.8) is 0 Å². The van der Waals surface area contributed by atoms with Crippen LogP contribution in [0.25, 0.3) is 11.3 Å². The third-order valence-corrected chi connectivity index (χ3v) is 5.87. The van der Waals surface area contributed by atoms with E-state index in [2.05, 4.69) is 38.9 Å². The molecule has 2 bridgehead atoms. The third kappa shape index (κ3) is 2.83. The van der Waals surface area contributed by atoms with Crippen molar-refractivity contribution in [2.45, 2.75) is 25.8 Å². The second kappa shape index (κ2) is 6.44. The SMILES string of the molecule is Cc1cnccc1N1C[C@@H]2C[C@H](C1)c1cc(-c3cc(N)ncn3)cc(=O)n1C2. The fraction of sp³-hybridized carbons (Fsp3) is 0.333. The summed E-state index contributed by atoms with van der Waals surface area (Å²) in [4.78, 5) is 27.8. The summed E-state index contributed by atoms with van der Waals surface area (Å²) in [5.74, 6) is 1.18. The number of aromatic nitrogens is 4. The highest BCUT2D eigenvalue weighted by atomic mass is 16.1. The molecule has 1 saturated heterocycles. The molecule has 2 N–H and O–H groups in total. The van der Waals surface area contributed by atoms with E-state index in [1.807, 2.05) is 17.0 Å². The van der Waals surface area contributed by atoms with E-state index in [9.17, 15) is 4.79 Å². The van der Waals surface area contributed by atoms with E-state index in [-0.39, 0.29) is 5.56 Å². The molecule has 7 nitrogen and oxygen atoms in total. The van der Waals surface area contributed by atoms with Crippen molar-refractivity contribution < 1.29 is 0 Å². The number of pyridine rings is 2. The van der Waals surface area contributed by atoms with Gasteiger partial charge in [0.1, 0.15) is 12.1 Å². The Morgan fingerprint density at radius 1 is 1.14 bits per heavy atom. The fourth-order valence-corrected chi connectivity index (χ4v) is 4.65. The Morgan fingerprint density at radius 2 is 2.04 bits per heavy atom. The molecule has 2 aliphatic heterocycles. The molecule has 3 aromatic rings. The van der Waals surface area contributed by atoms with E-state index < -0.39 is 0 Å². The molecule has 3 aromatic heterocycles. The van der Waals surface area contributed by atoms with E-state index >= 15 is 0 Å². The van der Waals surface area contributed by atoms with Gasteiger partial charge < -0.3 is 15.2 Å². The highest BCUT2D eigenvalue weighted by Gasteiger charge is 2.35. The summed E-state index contributed by atoms with van der Waals surface area (Å²) in [6, 6.07) is 7.57. The van der Waals surface area contributed by atoms with Gasteiger partial charge in [-0.15, -0.1) is 0 Å². The molecule has 0 unspecified atom stereocenters. The summed E-state index contributed by atoms with van der Waals surface area (Å²) >= 11 is 0. The Hall–Kier alpha value is -3.22. The number of aryl methyl sites for hydroxylation is 1. The van der Waals surface area contributed by atoms with Crippen molar-refractivity contribution >= 4 is 11.5 Å². The average molecular weight is 374 g/mol. The average Bonchev–Trinajstić information content (AvgIpc) is 2.69. The van der Waals surface area contributed by atoms with Gasteiger partial charge in [0.25, 0.3) is 5.56 Å². The Kier molecular flexibility index (Phi) is 3.89. The number of anilines is 2. The lowest BCUT2D eigenvalue weighted by Crippen LogP contribution is -2.47. The van der Waals surface area contributed by atoms with Crippen LogP contribution in [0.3, 0.4) is 0 Å². The maximum atomic E-state index is 12.8. The number of nitrogens with zero attached hydrogens (tertiary/aromatic N) is 5. The van der Waals surface area contributed by atoms with Gasteiger partial charge in [0, 0.05) is 67.0 Å². The molecule has 2 aliphatic rings. The minimum atomic E-state index is 0.0351. The molecule has 5 heterocycles. The summed E-state index contributed by atoms with van der Waals surface area (Å²) in [6.07, 6.45) is 6.31. The maximum Gasteiger partial charge on any atom is 0.251 e. The molecule has 142 valence electrons. The molecule has 7 heteroatoms. The largest absolute Gasteiger partial charge is 0.384 e. The van der Waals surface area contributed by atoms with Crippen LogP contribution >= 0.6 is 0 Å². The van der Waals surface area contributed by atoms with Crippen molar-refractivity contribution in [2.24, 2.45) is 5.92 Å². The molecule has 2 atom stereocenters. The van der Waals surface area contributed by atoms with E-state index in [0.717, 1.165) is 37.3 Å². The number of hydrogen-bond donors (Lipinski definition) is 1. The van der Waals surface area contributed by atoms with Crippen LogP contribution < -0.4 is 16.2 Å². The first-order chi connectivity index (χ1) is 13.6. The van der Waals surface area contributed by atoms with Crippen molar-refractivity contribution in [1.82, 2.24) is 19.5 Å². The Morgan fingerprint density at radius 3 is 2.86 bits per heavy atom. The highest BCUT2D eigenvalue weighted by Crippen LogP contribution is 2.38. The number of piperidine rings is 1. The van der Waals surface area contributed by atoms with Gasteiger partial charge in [-0.3, -0.25) is 9.78 Å². The van der Waals surface area contributed by atoms with Crippen molar-refractivity contribution in [1.29, 1.82) is 0 Å². The van der Waals surface area contributed by atoms with Crippen LogP contribution in [0.1, 0.15) is 23.6 Å². The van der Waals surface area contributed by atoms with Crippen LogP contribution in [0, 0.1) is 12.8 Å². The van der Waals surface area contributed by atoms with E-state index in [4.69, 9.17) is 5.73 Å². The quantitative estimate of drug-likeness (QED) is 0.740. The first-order valence-corrected chi connectivity index (χ1v) is 9.56. The monoisotopic (exact) mass is 374 g/mol. The van der Waals surface area contributed by atoms with E-state index in [1.165, 1.54) is 17.6 Å². The fourth-order valence-electron chi connectivity index (χ4n) is 4.65. The highest BCUT2D eigenvalue weighted by molar-refractivity contribution is 5.62. The summed E-state index contributed by atoms with van der Waals surface area (Å²) in [5.41, 5.74) is 10.8. The van der Waals surface area contributed by atoms with Gasteiger partial charge in [-0.1, -0.05) is 0 Å². The zero-order valence-corrected chi connectivity index (χ0v) is 15.7. The number of fused-ring (bicyclic) bond motifs is 4. The standard InChI is InChI=1S/C21H22N6O/c1-13-8-23-3-2-18(13)26-9-14-4-16(11-26)19-5-15(6-21(28)27(19)10-14)17-7-20(22)25-12-24-17/h2-3,5-8,12,14,16H,4,9-11H2,1H3,(H2,22,24,25)/t14-,16+/m0/s1. The Bertz CT molecular complexity index is 1110. The molecule has 1 fully saturated rings. The smallest absolute Gasteiger partial charge is 0.251 e. The van der Waals surface area contributed by atoms with Gasteiger partial charge in [0.15, 0.2) is 0 Å². The van der Waals surface area contributed by atoms with Crippen LogP contribution in [0.15, 0.2) is 47.8 Å². The van der Waals surface area contributed by atoms with Gasteiger partial charge in [0.05, 0.1) is 5.69 Å².